The lowest BCUT2D eigenvalue weighted by Gasteiger charge is -2.30. The molecule has 0 aliphatic carbocycles. The van der Waals surface area contributed by atoms with Gasteiger partial charge in [-0.25, -0.2) is 4.98 Å². The summed E-state index contributed by atoms with van der Waals surface area (Å²) in [4.78, 5) is 18.8. The lowest BCUT2D eigenvalue weighted by Crippen LogP contribution is -2.38. The molecule has 0 saturated carbocycles. The molecule has 1 aromatic carbocycles. The number of halogens is 3. The van der Waals surface area contributed by atoms with Crippen molar-refractivity contribution in [3.05, 3.63) is 56.8 Å². The summed E-state index contributed by atoms with van der Waals surface area (Å²) >= 11 is 18.4. The molecule has 0 bridgehead atoms. The summed E-state index contributed by atoms with van der Waals surface area (Å²) in [6, 6.07) is 6.88. The Bertz CT molecular complexity index is 785. The Hall–Kier alpha value is -1.49. The van der Waals surface area contributed by atoms with Crippen molar-refractivity contribution >= 4 is 40.7 Å². The van der Waals surface area contributed by atoms with Crippen LogP contribution in [0, 0.1) is 5.92 Å². The maximum atomic E-state index is 12.8. The fraction of sp³-hybridized carbons (Fsp3) is 0.368. The fourth-order valence-electron chi connectivity index (χ4n) is 2.88. The van der Waals surface area contributed by atoms with E-state index in [0.717, 1.165) is 31.5 Å². The third kappa shape index (κ3) is 4.43. The largest absolute Gasteiger partial charge is 0.486 e. The highest BCUT2D eigenvalue weighted by Gasteiger charge is 2.24. The maximum Gasteiger partial charge on any atom is 0.256 e. The highest BCUT2D eigenvalue weighted by molar-refractivity contribution is 6.37. The Labute approximate surface area is 168 Å². The second-order valence-corrected chi connectivity index (χ2v) is 7.67. The van der Waals surface area contributed by atoms with Gasteiger partial charge in [-0.1, -0.05) is 47.8 Å². The van der Waals surface area contributed by atoms with Crippen LogP contribution >= 0.6 is 34.8 Å². The quantitative estimate of drug-likeness (QED) is 0.622. The van der Waals surface area contributed by atoms with Crippen molar-refractivity contribution in [3.63, 3.8) is 0 Å². The number of para-hydroxylation sites is 1. The molecule has 1 aliphatic rings. The summed E-state index contributed by atoms with van der Waals surface area (Å²) in [5.74, 6) is 0.962. The number of ether oxygens (including phenoxy) is 1. The van der Waals surface area contributed by atoms with E-state index in [-0.39, 0.29) is 17.7 Å². The second-order valence-electron chi connectivity index (χ2n) is 6.50. The van der Waals surface area contributed by atoms with Crippen molar-refractivity contribution in [1.29, 1.82) is 0 Å². The van der Waals surface area contributed by atoms with E-state index < -0.39 is 0 Å². The van der Waals surface area contributed by atoms with Crippen molar-refractivity contribution in [2.75, 3.05) is 13.1 Å². The lowest BCUT2D eigenvalue weighted by atomic mass is 9.98. The van der Waals surface area contributed by atoms with Crippen LogP contribution in [0.5, 0.6) is 5.75 Å². The molecular formula is C19H19Cl3N2O2. The Morgan fingerprint density at radius 1 is 1.23 bits per heavy atom. The first-order valence-electron chi connectivity index (χ1n) is 8.46. The van der Waals surface area contributed by atoms with Crippen molar-refractivity contribution in [1.82, 2.24) is 9.88 Å². The molecule has 0 atom stereocenters. The highest BCUT2D eigenvalue weighted by Crippen LogP contribution is 2.33. The average Bonchev–Trinajstić information content (AvgIpc) is 2.62. The average molecular weight is 414 g/mol. The van der Waals surface area contributed by atoms with Crippen LogP contribution in [0.15, 0.2) is 30.5 Å². The van der Waals surface area contributed by atoms with Crippen LogP contribution in [0.1, 0.15) is 35.7 Å². The summed E-state index contributed by atoms with van der Waals surface area (Å²) in [7, 11) is 0. The molecule has 4 nitrogen and oxygen atoms in total. The first-order valence-corrected chi connectivity index (χ1v) is 9.59. The number of piperidine rings is 1. The number of amides is 1. The molecule has 3 rings (SSSR count). The van der Waals surface area contributed by atoms with Crippen LogP contribution in [0.2, 0.25) is 15.2 Å². The van der Waals surface area contributed by atoms with Crippen molar-refractivity contribution in [2.24, 2.45) is 5.92 Å². The smallest absolute Gasteiger partial charge is 0.256 e. The first-order chi connectivity index (χ1) is 12.5. The molecule has 2 aromatic rings. The predicted octanol–water partition coefficient (Wildman–Crippen LogP) is 5.49. The van der Waals surface area contributed by atoms with E-state index in [4.69, 9.17) is 39.5 Å². The van der Waals surface area contributed by atoms with E-state index in [2.05, 4.69) is 11.9 Å². The zero-order chi connectivity index (χ0) is 18.7. The van der Waals surface area contributed by atoms with Gasteiger partial charge in [-0.2, -0.15) is 0 Å². The summed E-state index contributed by atoms with van der Waals surface area (Å²) in [5, 5.41) is 1.06. The zero-order valence-electron chi connectivity index (χ0n) is 14.3. The molecule has 2 heterocycles. The molecule has 138 valence electrons. The SMILES string of the molecule is CC1CCN(C(=O)c2cc(COc3c(Cl)cccc3Cl)cnc2Cl)CC1. The van der Waals surface area contributed by atoms with E-state index in [0.29, 0.717) is 27.3 Å². The van der Waals surface area contributed by atoms with Crippen molar-refractivity contribution < 1.29 is 9.53 Å². The first kappa shape index (κ1) is 19.3. The number of rotatable bonds is 4. The maximum absolute atomic E-state index is 12.8. The summed E-state index contributed by atoms with van der Waals surface area (Å²) in [6.45, 7) is 3.87. The third-order valence-corrected chi connectivity index (χ3v) is 5.40. The van der Waals surface area contributed by atoms with Crippen LogP contribution in [-0.2, 0) is 6.61 Å². The number of carbonyl (C=O) groups excluding carboxylic acids is 1. The fourth-order valence-corrected chi connectivity index (χ4v) is 3.57. The molecule has 1 saturated heterocycles. The molecule has 0 spiro atoms. The molecule has 1 aliphatic heterocycles. The molecule has 1 amide bonds. The number of aromatic nitrogens is 1. The number of benzene rings is 1. The zero-order valence-corrected chi connectivity index (χ0v) is 16.6. The topological polar surface area (TPSA) is 42.4 Å². The van der Waals surface area contributed by atoms with E-state index in [1.54, 1.807) is 30.5 Å². The summed E-state index contributed by atoms with van der Waals surface area (Å²) in [5.41, 5.74) is 1.12. The van der Waals surface area contributed by atoms with Gasteiger partial charge in [-0.3, -0.25) is 4.79 Å². The monoisotopic (exact) mass is 412 g/mol. The van der Waals surface area contributed by atoms with Gasteiger partial charge >= 0.3 is 0 Å². The van der Waals surface area contributed by atoms with Crippen LogP contribution in [0.3, 0.4) is 0 Å². The minimum Gasteiger partial charge on any atom is -0.486 e. The molecule has 0 N–H and O–H groups in total. The second kappa shape index (κ2) is 8.47. The Balaban J connectivity index is 1.74. The number of hydrogen-bond acceptors (Lipinski definition) is 3. The minimum absolute atomic E-state index is 0.0907. The number of nitrogens with zero attached hydrogens (tertiary/aromatic N) is 2. The molecule has 26 heavy (non-hydrogen) atoms. The van der Waals surface area contributed by atoms with Crippen molar-refractivity contribution in [3.8, 4) is 5.75 Å². The van der Waals surface area contributed by atoms with E-state index in [9.17, 15) is 4.79 Å². The molecule has 7 heteroatoms. The summed E-state index contributed by atoms with van der Waals surface area (Å²) in [6.07, 6.45) is 3.59. The third-order valence-electron chi connectivity index (χ3n) is 4.50. The van der Waals surface area contributed by atoms with Gasteiger partial charge in [0.15, 0.2) is 5.75 Å². The normalized spacial score (nSPS) is 15.2. The van der Waals surface area contributed by atoms with Gasteiger partial charge < -0.3 is 9.64 Å². The molecule has 0 radical (unpaired) electrons. The highest BCUT2D eigenvalue weighted by atomic mass is 35.5. The van der Waals surface area contributed by atoms with Crippen LogP contribution in [0.4, 0.5) is 0 Å². The molecule has 1 fully saturated rings. The van der Waals surface area contributed by atoms with Crippen LogP contribution in [-0.4, -0.2) is 28.9 Å². The van der Waals surface area contributed by atoms with Gasteiger partial charge in [0.05, 0.1) is 15.6 Å². The van der Waals surface area contributed by atoms with Gasteiger partial charge in [0.1, 0.15) is 11.8 Å². The van der Waals surface area contributed by atoms with Gasteiger partial charge in [0, 0.05) is 24.8 Å². The molecular weight excluding hydrogens is 395 g/mol. The standard InChI is InChI=1S/C19H19Cl3N2O2/c1-12-5-7-24(8-6-12)19(25)14-9-13(10-23-18(14)22)11-26-17-15(20)3-2-4-16(17)21/h2-4,9-10,12H,5-8,11H2,1H3. The van der Waals surface area contributed by atoms with Crippen LogP contribution in [0.25, 0.3) is 0 Å². The van der Waals surface area contributed by atoms with Gasteiger partial charge in [0.2, 0.25) is 0 Å². The minimum atomic E-state index is -0.0907. The number of pyridine rings is 1. The van der Waals surface area contributed by atoms with Crippen molar-refractivity contribution in [2.45, 2.75) is 26.4 Å². The Morgan fingerprint density at radius 2 is 1.88 bits per heavy atom. The van der Waals surface area contributed by atoms with E-state index in [1.165, 1.54) is 0 Å². The Kier molecular flexibility index (Phi) is 6.28. The Morgan fingerprint density at radius 3 is 2.54 bits per heavy atom. The summed E-state index contributed by atoms with van der Waals surface area (Å²) < 4.78 is 5.72. The number of carbonyl (C=O) groups is 1. The van der Waals surface area contributed by atoms with E-state index in [1.807, 2.05) is 4.90 Å². The van der Waals surface area contributed by atoms with Gasteiger partial charge in [-0.15, -0.1) is 0 Å². The van der Waals surface area contributed by atoms with E-state index >= 15 is 0 Å². The number of likely N-dealkylation sites (tertiary alicyclic amines) is 1. The van der Waals surface area contributed by atoms with Crippen LogP contribution < -0.4 is 4.74 Å². The molecule has 1 aromatic heterocycles. The van der Waals surface area contributed by atoms with Gasteiger partial charge in [-0.05, 0) is 37.0 Å². The molecule has 0 unspecified atom stereocenters. The number of hydrogen-bond donors (Lipinski definition) is 0. The van der Waals surface area contributed by atoms with Gasteiger partial charge in [0.25, 0.3) is 5.91 Å². The predicted molar refractivity (Wildman–Crippen MR) is 104 cm³/mol. The lowest BCUT2D eigenvalue weighted by molar-refractivity contribution is 0.0697.